The summed E-state index contributed by atoms with van der Waals surface area (Å²) in [7, 11) is 0. The number of fused-ring (bicyclic) bond motifs is 1. The number of alkyl halides is 2. The average molecular weight is 505 g/mol. The minimum absolute atomic E-state index is 0.0135. The number of aliphatic hydroxyl groups is 3. The van der Waals surface area contributed by atoms with Crippen LogP contribution in [0.15, 0.2) is 42.5 Å². The number of thioether (sulfide) groups is 1. The third kappa shape index (κ3) is 4.66. The van der Waals surface area contributed by atoms with E-state index in [1.54, 1.807) is 6.26 Å². The number of rotatable bonds is 6. The van der Waals surface area contributed by atoms with E-state index in [1.165, 1.54) is 22.9 Å². The second-order valence-electron chi connectivity index (χ2n) is 10.5. The summed E-state index contributed by atoms with van der Waals surface area (Å²) in [5, 5.41) is 31.1. The fourth-order valence-electron chi connectivity index (χ4n) is 6.15. The molecular formula is C28H34F2O4S. The predicted molar refractivity (Wildman–Crippen MR) is 133 cm³/mol. The number of hydrogen-bond acceptors (Lipinski definition) is 5. The first kappa shape index (κ1) is 25.2. The lowest BCUT2D eigenvalue weighted by Gasteiger charge is -2.40. The number of ether oxygens (including phenoxy) is 1. The minimum Gasteiger partial charge on any atom is -0.387 e. The molecule has 3 fully saturated rings. The highest BCUT2D eigenvalue weighted by Crippen LogP contribution is 2.65. The van der Waals surface area contributed by atoms with Crippen molar-refractivity contribution in [2.45, 2.75) is 86.6 Å². The Morgan fingerprint density at radius 2 is 1.69 bits per heavy atom. The largest absolute Gasteiger partial charge is 0.387 e. The van der Waals surface area contributed by atoms with Gasteiger partial charge >= 0.3 is 0 Å². The standard InChI is InChI=1S/C28H34F2O4S/c1-3-17-6-7-18(25-23(32)22(31)24(33)26(34-25)35-2)13-19(17)12-16-4-8-20(9-5-16)27-10-11-28(29,30)15-21(27)14-27/h4-9,13,21-26,31-33H,3,10-12,14-15H2,1-2H3/t21-,22+,23+,24-,25?,26+,27-/m0/s1. The van der Waals surface area contributed by atoms with E-state index < -0.39 is 35.8 Å². The highest BCUT2D eigenvalue weighted by Gasteiger charge is 2.61. The van der Waals surface area contributed by atoms with Crippen LogP contribution in [0.4, 0.5) is 8.78 Å². The van der Waals surface area contributed by atoms with Crippen molar-refractivity contribution in [3.05, 3.63) is 70.3 Å². The van der Waals surface area contributed by atoms with Gasteiger partial charge in [0.05, 0.1) is 0 Å². The quantitative estimate of drug-likeness (QED) is 0.529. The van der Waals surface area contributed by atoms with Gasteiger partial charge in [-0.3, -0.25) is 0 Å². The van der Waals surface area contributed by atoms with Crippen LogP contribution in [0.5, 0.6) is 0 Å². The molecule has 5 rings (SSSR count). The molecule has 0 bridgehead atoms. The van der Waals surface area contributed by atoms with Gasteiger partial charge in [0, 0.05) is 12.8 Å². The van der Waals surface area contributed by atoms with E-state index in [-0.39, 0.29) is 24.2 Å². The second kappa shape index (κ2) is 9.42. The Morgan fingerprint density at radius 1 is 0.943 bits per heavy atom. The first-order valence-electron chi connectivity index (χ1n) is 12.5. The zero-order valence-electron chi connectivity index (χ0n) is 20.2. The molecule has 3 N–H and O–H groups in total. The zero-order chi connectivity index (χ0) is 25.0. The van der Waals surface area contributed by atoms with E-state index >= 15 is 0 Å². The average Bonchev–Trinajstić information content (AvgIpc) is 3.56. The topological polar surface area (TPSA) is 69.9 Å². The molecule has 190 valence electrons. The Morgan fingerprint density at radius 3 is 2.34 bits per heavy atom. The van der Waals surface area contributed by atoms with Crippen LogP contribution in [0.2, 0.25) is 0 Å². The maximum absolute atomic E-state index is 13.8. The van der Waals surface area contributed by atoms with Gasteiger partial charge in [0.2, 0.25) is 5.92 Å². The van der Waals surface area contributed by atoms with Gasteiger partial charge in [-0.1, -0.05) is 49.4 Å². The molecule has 0 amide bonds. The van der Waals surface area contributed by atoms with Gasteiger partial charge in [0.25, 0.3) is 0 Å². The number of aryl methyl sites for hydroxylation is 1. The molecule has 2 aromatic carbocycles. The van der Waals surface area contributed by atoms with E-state index in [1.807, 2.05) is 18.2 Å². The van der Waals surface area contributed by atoms with Crippen molar-refractivity contribution < 1.29 is 28.8 Å². The van der Waals surface area contributed by atoms with Crippen molar-refractivity contribution in [2.75, 3.05) is 6.26 Å². The first-order chi connectivity index (χ1) is 16.7. The van der Waals surface area contributed by atoms with Crippen molar-refractivity contribution in [2.24, 2.45) is 5.92 Å². The Hall–Kier alpha value is -1.51. The van der Waals surface area contributed by atoms with Crippen LogP contribution in [-0.4, -0.2) is 51.2 Å². The number of hydrogen-bond donors (Lipinski definition) is 3. The normalized spacial score (nSPS) is 36.0. The van der Waals surface area contributed by atoms with Gasteiger partial charge in [-0.25, -0.2) is 8.78 Å². The summed E-state index contributed by atoms with van der Waals surface area (Å²) < 4.78 is 33.5. The highest BCUT2D eigenvalue weighted by atomic mass is 32.2. The summed E-state index contributed by atoms with van der Waals surface area (Å²) in [4.78, 5) is 0. The van der Waals surface area contributed by atoms with Crippen molar-refractivity contribution >= 4 is 11.8 Å². The molecule has 1 unspecified atom stereocenters. The Kier molecular flexibility index (Phi) is 6.77. The van der Waals surface area contributed by atoms with E-state index in [2.05, 4.69) is 31.2 Å². The van der Waals surface area contributed by atoms with Crippen LogP contribution in [0, 0.1) is 5.92 Å². The minimum atomic E-state index is -2.51. The first-order valence-corrected chi connectivity index (χ1v) is 13.8. The lowest BCUT2D eigenvalue weighted by atomic mass is 9.81. The lowest BCUT2D eigenvalue weighted by molar-refractivity contribution is -0.200. The van der Waals surface area contributed by atoms with Gasteiger partial charge in [-0.2, -0.15) is 0 Å². The fourth-order valence-corrected chi connectivity index (χ4v) is 6.82. The van der Waals surface area contributed by atoms with Gasteiger partial charge in [0.1, 0.15) is 29.9 Å². The molecule has 0 aromatic heterocycles. The number of aliphatic hydroxyl groups excluding tert-OH is 3. The molecule has 2 saturated carbocycles. The summed E-state index contributed by atoms with van der Waals surface area (Å²) in [6, 6.07) is 14.4. The molecule has 1 heterocycles. The molecule has 0 spiro atoms. The SMILES string of the molecule is CCc1ccc(C2O[C@H](SC)[C@@H](O)[C@H](O)[C@H]2O)cc1Cc1ccc([C@@]23CCC(F)(F)C[C@@H]2C3)cc1. The molecule has 7 heteroatoms. The molecule has 0 radical (unpaired) electrons. The van der Waals surface area contributed by atoms with Crippen molar-refractivity contribution in [1.29, 1.82) is 0 Å². The van der Waals surface area contributed by atoms with E-state index in [0.717, 1.165) is 29.5 Å². The molecule has 7 atom stereocenters. The van der Waals surface area contributed by atoms with E-state index in [0.29, 0.717) is 12.8 Å². The van der Waals surface area contributed by atoms with Crippen LogP contribution < -0.4 is 0 Å². The number of halogens is 2. The van der Waals surface area contributed by atoms with Crippen LogP contribution >= 0.6 is 11.8 Å². The van der Waals surface area contributed by atoms with Crippen molar-refractivity contribution in [3.63, 3.8) is 0 Å². The Bertz CT molecular complexity index is 1060. The predicted octanol–water partition coefficient (Wildman–Crippen LogP) is 4.76. The molecule has 3 aliphatic rings. The third-order valence-electron chi connectivity index (χ3n) is 8.38. The Labute approximate surface area is 209 Å². The smallest absolute Gasteiger partial charge is 0.248 e. The van der Waals surface area contributed by atoms with Gasteiger partial charge < -0.3 is 20.1 Å². The van der Waals surface area contributed by atoms with Crippen molar-refractivity contribution in [1.82, 2.24) is 0 Å². The summed E-state index contributed by atoms with van der Waals surface area (Å²) in [6.45, 7) is 2.10. The molecule has 1 saturated heterocycles. The molecule has 35 heavy (non-hydrogen) atoms. The van der Waals surface area contributed by atoms with Crippen LogP contribution in [0.25, 0.3) is 0 Å². The van der Waals surface area contributed by atoms with Crippen molar-refractivity contribution in [3.8, 4) is 0 Å². The van der Waals surface area contributed by atoms with E-state index in [9.17, 15) is 24.1 Å². The fraction of sp³-hybridized carbons (Fsp3) is 0.571. The van der Waals surface area contributed by atoms with Gasteiger partial charge in [-0.15, -0.1) is 11.8 Å². The summed E-state index contributed by atoms with van der Waals surface area (Å²) >= 11 is 1.30. The summed E-state index contributed by atoms with van der Waals surface area (Å²) in [6.07, 6.45) is 0.404. The molecular weight excluding hydrogens is 470 g/mol. The molecule has 2 aromatic rings. The van der Waals surface area contributed by atoms with Gasteiger partial charge in [0.15, 0.2) is 0 Å². The molecule has 4 nitrogen and oxygen atoms in total. The highest BCUT2D eigenvalue weighted by molar-refractivity contribution is 7.99. The van der Waals surface area contributed by atoms with Crippen LogP contribution in [0.1, 0.15) is 66.5 Å². The third-order valence-corrected chi connectivity index (χ3v) is 9.23. The molecule has 1 aliphatic heterocycles. The maximum atomic E-state index is 13.8. The van der Waals surface area contributed by atoms with Crippen LogP contribution in [0.3, 0.4) is 0 Å². The van der Waals surface area contributed by atoms with E-state index in [4.69, 9.17) is 4.74 Å². The summed E-state index contributed by atoms with van der Waals surface area (Å²) in [5.41, 5.74) is 4.73. The second-order valence-corrected chi connectivity index (χ2v) is 11.4. The molecule has 2 aliphatic carbocycles. The summed E-state index contributed by atoms with van der Waals surface area (Å²) in [5.74, 6) is -2.41. The maximum Gasteiger partial charge on any atom is 0.248 e. The number of benzene rings is 2. The Balaban J connectivity index is 1.35. The zero-order valence-corrected chi connectivity index (χ0v) is 21.0. The lowest BCUT2D eigenvalue weighted by Crippen LogP contribution is -2.52. The monoisotopic (exact) mass is 504 g/mol. The van der Waals surface area contributed by atoms with Gasteiger partial charge in [-0.05, 0) is 71.1 Å². The van der Waals surface area contributed by atoms with Crippen LogP contribution in [-0.2, 0) is 23.0 Å².